The fourth-order valence-electron chi connectivity index (χ4n) is 1.75. The molecule has 4 N–H and O–H groups in total. The maximum absolute atomic E-state index is 11.7. The highest BCUT2D eigenvalue weighted by Crippen LogP contribution is 2.16. The Morgan fingerprint density at radius 3 is 2.21 bits per heavy atom. The number of rotatable bonds is 5. The molecule has 0 aliphatic rings. The number of primary amides is 1. The van der Waals surface area contributed by atoms with E-state index in [9.17, 15) is 9.59 Å². The van der Waals surface area contributed by atoms with Gasteiger partial charge in [0.15, 0.2) is 0 Å². The van der Waals surface area contributed by atoms with Gasteiger partial charge in [-0.3, -0.25) is 4.79 Å². The van der Waals surface area contributed by atoms with Crippen molar-refractivity contribution in [3.05, 3.63) is 29.8 Å². The number of carbonyl (C=O) groups is 2. The van der Waals surface area contributed by atoms with Crippen molar-refractivity contribution in [3.63, 3.8) is 0 Å². The van der Waals surface area contributed by atoms with Crippen LogP contribution in [0, 0.1) is 5.92 Å². The third kappa shape index (κ3) is 5.42. The second-order valence-corrected chi connectivity index (χ2v) is 5.00. The quantitative estimate of drug-likeness (QED) is 0.762. The Kier molecular flexibility index (Phi) is 5.36. The van der Waals surface area contributed by atoms with Crippen LogP contribution in [-0.4, -0.2) is 11.9 Å². The van der Waals surface area contributed by atoms with Gasteiger partial charge in [0.1, 0.15) is 0 Å². The molecule has 104 valence electrons. The number of benzene rings is 1. The second-order valence-electron chi connectivity index (χ2n) is 5.00. The molecule has 0 spiro atoms. The number of urea groups is 1. The van der Waals surface area contributed by atoms with Gasteiger partial charge in [-0.05, 0) is 30.5 Å². The van der Waals surface area contributed by atoms with Gasteiger partial charge < -0.3 is 16.4 Å². The van der Waals surface area contributed by atoms with E-state index < -0.39 is 6.03 Å². The molecule has 0 fully saturated rings. The van der Waals surface area contributed by atoms with E-state index in [0.717, 1.165) is 5.56 Å². The van der Waals surface area contributed by atoms with Crippen LogP contribution in [0.1, 0.15) is 38.8 Å². The third-order valence-corrected chi connectivity index (χ3v) is 2.65. The number of nitrogens with two attached hydrogens (primary N) is 1. The summed E-state index contributed by atoms with van der Waals surface area (Å²) in [6, 6.07) is 6.56. The first-order chi connectivity index (χ1) is 8.88. The van der Waals surface area contributed by atoms with Crippen molar-refractivity contribution in [1.29, 1.82) is 0 Å². The molecule has 0 aromatic heterocycles. The molecule has 19 heavy (non-hydrogen) atoms. The Morgan fingerprint density at radius 2 is 1.74 bits per heavy atom. The zero-order valence-electron chi connectivity index (χ0n) is 11.6. The summed E-state index contributed by atoms with van der Waals surface area (Å²) in [5.74, 6) is 0.385. The average molecular weight is 263 g/mol. The van der Waals surface area contributed by atoms with E-state index in [2.05, 4.69) is 10.6 Å². The monoisotopic (exact) mass is 263 g/mol. The van der Waals surface area contributed by atoms with Crippen molar-refractivity contribution in [2.45, 2.75) is 33.2 Å². The molecule has 0 bridgehead atoms. The SMILES string of the molecule is CC(C)CC(=O)NC(C)c1ccc(NC(N)=O)cc1. The number of hydrogen-bond donors (Lipinski definition) is 3. The summed E-state index contributed by atoms with van der Waals surface area (Å²) in [6.07, 6.45) is 0.519. The molecule has 1 aromatic carbocycles. The van der Waals surface area contributed by atoms with Gasteiger partial charge in [-0.1, -0.05) is 26.0 Å². The molecule has 1 aromatic rings. The van der Waals surface area contributed by atoms with E-state index in [-0.39, 0.29) is 11.9 Å². The smallest absolute Gasteiger partial charge is 0.316 e. The highest BCUT2D eigenvalue weighted by Gasteiger charge is 2.10. The van der Waals surface area contributed by atoms with Crippen molar-refractivity contribution in [3.8, 4) is 0 Å². The Balaban J connectivity index is 2.60. The molecule has 0 radical (unpaired) electrons. The molecular weight excluding hydrogens is 242 g/mol. The highest BCUT2D eigenvalue weighted by molar-refractivity contribution is 5.87. The Labute approximate surface area is 113 Å². The van der Waals surface area contributed by atoms with Gasteiger partial charge in [-0.15, -0.1) is 0 Å². The average Bonchev–Trinajstić information content (AvgIpc) is 2.27. The van der Waals surface area contributed by atoms with Gasteiger partial charge in [-0.2, -0.15) is 0 Å². The minimum Gasteiger partial charge on any atom is -0.351 e. The Morgan fingerprint density at radius 1 is 1.16 bits per heavy atom. The molecule has 0 aliphatic carbocycles. The van der Waals surface area contributed by atoms with Crippen molar-refractivity contribution >= 4 is 17.6 Å². The van der Waals surface area contributed by atoms with Gasteiger partial charge in [0.25, 0.3) is 0 Å². The minimum absolute atomic E-state index is 0.0434. The van der Waals surface area contributed by atoms with E-state index in [1.165, 1.54) is 0 Å². The molecule has 0 aliphatic heterocycles. The molecule has 0 saturated heterocycles. The fraction of sp³-hybridized carbons (Fsp3) is 0.429. The van der Waals surface area contributed by atoms with Crippen LogP contribution in [0.3, 0.4) is 0 Å². The van der Waals surface area contributed by atoms with E-state index >= 15 is 0 Å². The third-order valence-electron chi connectivity index (χ3n) is 2.65. The minimum atomic E-state index is -0.592. The first-order valence-corrected chi connectivity index (χ1v) is 6.34. The first kappa shape index (κ1) is 15.0. The number of carbonyl (C=O) groups excluding carboxylic acids is 2. The summed E-state index contributed by atoms with van der Waals surface area (Å²) < 4.78 is 0. The Bertz CT molecular complexity index is 441. The summed E-state index contributed by atoms with van der Waals surface area (Å²) in [6.45, 7) is 5.94. The molecule has 5 heteroatoms. The zero-order valence-corrected chi connectivity index (χ0v) is 11.6. The Hall–Kier alpha value is -2.04. The van der Waals surface area contributed by atoms with Crippen LogP contribution in [0.15, 0.2) is 24.3 Å². The van der Waals surface area contributed by atoms with E-state index in [0.29, 0.717) is 18.0 Å². The first-order valence-electron chi connectivity index (χ1n) is 6.34. The van der Waals surface area contributed by atoms with Gasteiger partial charge in [-0.25, -0.2) is 4.79 Å². The van der Waals surface area contributed by atoms with Crippen LogP contribution in [0.2, 0.25) is 0 Å². The second kappa shape index (κ2) is 6.78. The molecule has 1 unspecified atom stereocenters. The summed E-state index contributed by atoms with van der Waals surface area (Å²) in [4.78, 5) is 22.4. The molecular formula is C14H21N3O2. The molecule has 5 nitrogen and oxygen atoms in total. The van der Waals surface area contributed by atoms with Crippen LogP contribution < -0.4 is 16.4 Å². The van der Waals surface area contributed by atoms with Crippen molar-refractivity contribution in [2.75, 3.05) is 5.32 Å². The fourth-order valence-corrected chi connectivity index (χ4v) is 1.75. The highest BCUT2D eigenvalue weighted by atomic mass is 16.2. The predicted molar refractivity (Wildman–Crippen MR) is 75.7 cm³/mol. The molecule has 1 rings (SSSR count). The van der Waals surface area contributed by atoms with Crippen LogP contribution in [0.5, 0.6) is 0 Å². The standard InChI is InChI=1S/C14H21N3O2/c1-9(2)8-13(18)16-10(3)11-4-6-12(7-5-11)17-14(15)19/h4-7,9-10H,8H2,1-3H3,(H,16,18)(H3,15,17,19). The molecule has 0 saturated carbocycles. The van der Waals surface area contributed by atoms with Crippen molar-refractivity contribution in [2.24, 2.45) is 11.7 Å². The van der Waals surface area contributed by atoms with Crippen LogP contribution in [0.25, 0.3) is 0 Å². The van der Waals surface area contributed by atoms with Crippen LogP contribution in [0.4, 0.5) is 10.5 Å². The van der Waals surface area contributed by atoms with Gasteiger partial charge in [0.05, 0.1) is 6.04 Å². The maximum Gasteiger partial charge on any atom is 0.316 e. The van der Waals surface area contributed by atoms with Gasteiger partial charge in [0.2, 0.25) is 5.91 Å². The van der Waals surface area contributed by atoms with E-state index in [4.69, 9.17) is 5.73 Å². The molecule has 1 atom stereocenters. The summed E-state index contributed by atoms with van der Waals surface area (Å²) in [5.41, 5.74) is 6.64. The van der Waals surface area contributed by atoms with Crippen LogP contribution in [-0.2, 0) is 4.79 Å². The van der Waals surface area contributed by atoms with E-state index in [1.807, 2.05) is 32.9 Å². The van der Waals surface area contributed by atoms with E-state index in [1.54, 1.807) is 12.1 Å². The number of amides is 3. The predicted octanol–water partition coefficient (Wildman–Crippen LogP) is 2.40. The van der Waals surface area contributed by atoms with Gasteiger partial charge in [0, 0.05) is 12.1 Å². The maximum atomic E-state index is 11.7. The van der Waals surface area contributed by atoms with Crippen molar-refractivity contribution < 1.29 is 9.59 Å². The zero-order chi connectivity index (χ0) is 14.4. The molecule has 0 heterocycles. The largest absolute Gasteiger partial charge is 0.351 e. The van der Waals surface area contributed by atoms with Crippen molar-refractivity contribution in [1.82, 2.24) is 5.32 Å². The lowest BCUT2D eigenvalue weighted by Gasteiger charge is -2.15. The number of anilines is 1. The molecule has 3 amide bonds. The number of hydrogen-bond acceptors (Lipinski definition) is 2. The normalized spacial score (nSPS) is 12.0. The summed E-state index contributed by atoms with van der Waals surface area (Å²) >= 11 is 0. The summed E-state index contributed by atoms with van der Waals surface area (Å²) in [7, 11) is 0. The topological polar surface area (TPSA) is 84.2 Å². The summed E-state index contributed by atoms with van der Waals surface area (Å²) in [5, 5.41) is 5.43. The lowest BCUT2D eigenvalue weighted by molar-refractivity contribution is -0.122. The lowest BCUT2D eigenvalue weighted by Crippen LogP contribution is -2.27. The van der Waals surface area contributed by atoms with Gasteiger partial charge >= 0.3 is 6.03 Å². The van der Waals surface area contributed by atoms with Crippen LogP contribution >= 0.6 is 0 Å². The number of nitrogens with one attached hydrogen (secondary N) is 2. The lowest BCUT2D eigenvalue weighted by atomic mass is 10.1.